The normalized spacial score (nSPS) is 11.0. The first-order valence-corrected chi connectivity index (χ1v) is 4.19. The topological polar surface area (TPSA) is 53.1 Å². The molecule has 0 aliphatic carbocycles. The van der Waals surface area contributed by atoms with Gasteiger partial charge in [0.15, 0.2) is 6.61 Å². The van der Waals surface area contributed by atoms with E-state index in [-0.39, 0.29) is 6.54 Å². The summed E-state index contributed by atoms with van der Waals surface area (Å²) in [5, 5.41) is 4.03. The fraction of sp³-hybridized carbons (Fsp3) is 0.625. The Bertz CT molecular complexity index is 312. The van der Waals surface area contributed by atoms with Crippen LogP contribution in [0.25, 0.3) is 0 Å². The van der Waals surface area contributed by atoms with Crippen LogP contribution in [0.2, 0.25) is 0 Å². The van der Waals surface area contributed by atoms with Crippen molar-refractivity contribution in [3.05, 3.63) is 11.3 Å². The molecule has 6 heteroatoms. The second-order valence-corrected chi connectivity index (χ2v) is 2.90. The molecule has 0 fully saturated rings. The molecule has 0 amide bonds. The van der Waals surface area contributed by atoms with E-state index in [2.05, 4.69) is 5.10 Å². The number of nitrogens with zero attached hydrogens (tertiary/aromatic N) is 2. The summed E-state index contributed by atoms with van der Waals surface area (Å²) in [7, 11) is 1.63. The molecule has 1 aromatic heterocycles. The minimum Gasteiger partial charge on any atom is -0.472 e. The number of hydrogen-bond donors (Lipinski definition) is 1. The zero-order valence-corrected chi connectivity index (χ0v) is 8.13. The molecule has 14 heavy (non-hydrogen) atoms. The molecule has 1 aromatic rings. The summed E-state index contributed by atoms with van der Waals surface area (Å²) >= 11 is 0. The van der Waals surface area contributed by atoms with Crippen LogP contribution < -0.4 is 10.5 Å². The molecule has 0 aliphatic rings. The van der Waals surface area contributed by atoms with Gasteiger partial charge in [0.25, 0.3) is 6.43 Å². The molecular formula is C8H13F2N3O. The first-order chi connectivity index (χ1) is 6.56. The molecule has 2 N–H and O–H groups in total. The second-order valence-electron chi connectivity index (χ2n) is 2.90. The van der Waals surface area contributed by atoms with Crippen LogP contribution in [-0.4, -0.2) is 22.8 Å². The third-order valence-corrected chi connectivity index (χ3v) is 1.84. The Morgan fingerprint density at radius 3 is 2.71 bits per heavy atom. The summed E-state index contributed by atoms with van der Waals surface area (Å²) in [5.74, 6) is 0.324. The lowest BCUT2D eigenvalue weighted by Crippen LogP contribution is -2.11. The van der Waals surface area contributed by atoms with E-state index >= 15 is 0 Å². The van der Waals surface area contributed by atoms with Crippen LogP contribution in [0.4, 0.5) is 8.78 Å². The predicted octanol–water partition coefficient (Wildman–Crippen LogP) is 0.831. The molecule has 0 unspecified atom stereocenters. The van der Waals surface area contributed by atoms with Gasteiger partial charge >= 0.3 is 0 Å². The quantitative estimate of drug-likeness (QED) is 0.792. The highest BCUT2D eigenvalue weighted by atomic mass is 19.3. The van der Waals surface area contributed by atoms with Crippen LogP contribution >= 0.6 is 0 Å². The number of rotatable bonds is 4. The summed E-state index contributed by atoms with van der Waals surface area (Å²) in [6.45, 7) is 1.36. The summed E-state index contributed by atoms with van der Waals surface area (Å²) in [6.07, 6.45) is -2.49. The first kappa shape index (κ1) is 10.9. The molecule has 0 saturated carbocycles. The SMILES string of the molecule is Cc1nn(C)c(OCC(F)F)c1CN. The maximum absolute atomic E-state index is 11.9. The largest absolute Gasteiger partial charge is 0.472 e. The highest BCUT2D eigenvalue weighted by Gasteiger charge is 2.14. The molecule has 1 heterocycles. The van der Waals surface area contributed by atoms with E-state index in [1.807, 2.05) is 0 Å². The molecule has 80 valence electrons. The lowest BCUT2D eigenvalue weighted by molar-refractivity contribution is 0.0769. The van der Waals surface area contributed by atoms with Crippen molar-refractivity contribution < 1.29 is 13.5 Å². The molecule has 0 aromatic carbocycles. The number of aromatic nitrogens is 2. The van der Waals surface area contributed by atoms with Crippen molar-refractivity contribution in [2.75, 3.05) is 6.61 Å². The van der Waals surface area contributed by atoms with Crippen molar-refractivity contribution >= 4 is 0 Å². The fourth-order valence-corrected chi connectivity index (χ4v) is 1.24. The lowest BCUT2D eigenvalue weighted by Gasteiger charge is -2.07. The Morgan fingerprint density at radius 2 is 2.21 bits per heavy atom. The van der Waals surface area contributed by atoms with Crippen molar-refractivity contribution in [2.45, 2.75) is 19.9 Å². The minimum absolute atomic E-state index is 0.234. The average Bonchev–Trinajstić information content (AvgIpc) is 2.36. The number of hydrogen-bond acceptors (Lipinski definition) is 3. The Labute approximate surface area is 80.6 Å². The standard InChI is InChI=1S/C8H13F2N3O/c1-5-6(3-11)8(13(2)12-5)14-4-7(9)10/h7H,3-4,11H2,1-2H3. The van der Waals surface area contributed by atoms with E-state index in [1.165, 1.54) is 4.68 Å². The third kappa shape index (κ3) is 2.20. The van der Waals surface area contributed by atoms with Gasteiger partial charge in [-0.15, -0.1) is 0 Å². The Kier molecular flexibility index (Phi) is 3.40. The zero-order chi connectivity index (χ0) is 10.7. The fourth-order valence-electron chi connectivity index (χ4n) is 1.24. The smallest absolute Gasteiger partial charge is 0.272 e. The highest BCUT2D eigenvalue weighted by Crippen LogP contribution is 2.20. The summed E-state index contributed by atoms with van der Waals surface area (Å²) in [5.41, 5.74) is 6.83. The van der Waals surface area contributed by atoms with Gasteiger partial charge in [0.05, 0.1) is 11.3 Å². The van der Waals surface area contributed by atoms with Gasteiger partial charge in [0.2, 0.25) is 5.88 Å². The van der Waals surface area contributed by atoms with Gasteiger partial charge in [-0.1, -0.05) is 0 Å². The van der Waals surface area contributed by atoms with Gasteiger partial charge in [-0.05, 0) is 6.92 Å². The number of alkyl halides is 2. The van der Waals surface area contributed by atoms with Gasteiger partial charge in [-0.3, -0.25) is 0 Å². The van der Waals surface area contributed by atoms with Crippen molar-refractivity contribution in [1.82, 2.24) is 9.78 Å². The zero-order valence-electron chi connectivity index (χ0n) is 8.13. The Hall–Kier alpha value is -1.17. The van der Waals surface area contributed by atoms with E-state index in [0.29, 0.717) is 17.1 Å². The van der Waals surface area contributed by atoms with Crippen molar-refractivity contribution in [3.8, 4) is 5.88 Å². The number of nitrogens with two attached hydrogens (primary N) is 1. The maximum Gasteiger partial charge on any atom is 0.272 e. The molecule has 4 nitrogen and oxygen atoms in total. The molecule has 0 radical (unpaired) electrons. The van der Waals surface area contributed by atoms with Crippen LogP contribution in [0.15, 0.2) is 0 Å². The van der Waals surface area contributed by atoms with Gasteiger partial charge in [-0.2, -0.15) is 5.10 Å². The van der Waals surface area contributed by atoms with Gasteiger partial charge < -0.3 is 10.5 Å². The molecule has 1 rings (SSSR count). The van der Waals surface area contributed by atoms with Gasteiger partial charge in [-0.25, -0.2) is 13.5 Å². The minimum atomic E-state index is -2.49. The summed E-state index contributed by atoms with van der Waals surface area (Å²) in [6, 6.07) is 0. The molecule has 0 atom stereocenters. The van der Waals surface area contributed by atoms with E-state index in [4.69, 9.17) is 10.5 Å². The van der Waals surface area contributed by atoms with E-state index < -0.39 is 13.0 Å². The van der Waals surface area contributed by atoms with Crippen molar-refractivity contribution in [1.29, 1.82) is 0 Å². The van der Waals surface area contributed by atoms with E-state index in [9.17, 15) is 8.78 Å². The first-order valence-electron chi connectivity index (χ1n) is 4.19. The van der Waals surface area contributed by atoms with Crippen LogP contribution in [0.5, 0.6) is 5.88 Å². The monoisotopic (exact) mass is 205 g/mol. The van der Waals surface area contributed by atoms with Crippen LogP contribution in [0, 0.1) is 6.92 Å². The molecular weight excluding hydrogens is 192 g/mol. The third-order valence-electron chi connectivity index (χ3n) is 1.84. The highest BCUT2D eigenvalue weighted by molar-refractivity contribution is 5.30. The second kappa shape index (κ2) is 4.36. The van der Waals surface area contributed by atoms with Crippen molar-refractivity contribution in [3.63, 3.8) is 0 Å². The predicted molar refractivity (Wildman–Crippen MR) is 47.3 cm³/mol. The summed E-state index contributed by atoms with van der Waals surface area (Å²) in [4.78, 5) is 0. The van der Waals surface area contributed by atoms with Gasteiger partial charge in [0.1, 0.15) is 0 Å². The van der Waals surface area contributed by atoms with E-state index in [1.54, 1.807) is 14.0 Å². The number of aryl methyl sites for hydroxylation is 2. The maximum atomic E-state index is 11.9. The summed E-state index contributed by atoms with van der Waals surface area (Å²) < 4.78 is 30.1. The number of ether oxygens (including phenoxy) is 1. The van der Waals surface area contributed by atoms with E-state index in [0.717, 1.165) is 0 Å². The number of halogens is 2. The molecule has 0 bridgehead atoms. The average molecular weight is 205 g/mol. The molecule has 0 saturated heterocycles. The van der Waals surface area contributed by atoms with Gasteiger partial charge in [0, 0.05) is 13.6 Å². The van der Waals surface area contributed by atoms with Crippen LogP contribution in [-0.2, 0) is 13.6 Å². The Morgan fingerprint density at radius 1 is 1.57 bits per heavy atom. The Balaban J connectivity index is 2.83. The molecule has 0 spiro atoms. The van der Waals surface area contributed by atoms with Crippen LogP contribution in [0.3, 0.4) is 0 Å². The lowest BCUT2D eigenvalue weighted by atomic mass is 10.2. The molecule has 0 aliphatic heterocycles. The van der Waals surface area contributed by atoms with Crippen molar-refractivity contribution in [2.24, 2.45) is 12.8 Å². The van der Waals surface area contributed by atoms with Crippen LogP contribution in [0.1, 0.15) is 11.3 Å².